The number of hydrogen-bond donors (Lipinski definition) is 0. The third kappa shape index (κ3) is 2.49. The van der Waals surface area contributed by atoms with Crippen molar-refractivity contribution in [3.63, 3.8) is 0 Å². The van der Waals surface area contributed by atoms with Gasteiger partial charge in [-0.3, -0.25) is 0 Å². The van der Waals surface area contributed by atoms with Gasteiger partial charge in [-0.25, -0.2) is 0 Å². The van der Waals surface area contributed by atoms with E-state index in [1.54, 1.807) is 12.3 Å². The van der Waals surface area contributed by atoms with Gasteiger partial charge in [-0.2, -0.15) is 0 Å². The summed E-state index contributed by atoms with van der Waals surface area (Å²) in [6.45, 7) is 10.5. The molecule has 0 amide bonds. The fourth-order valence-electron chi connectivity index (χ4n) is 2.34. The summed E-state index contributed by atoms with van der Waals surface area (Å²) < 4.78 is 5.05. The number of rotatable bonds is 6. The van der Waals surface area contributed by atoms with Gasteiger partial charge >= 0.3 is 0 Å². The molecular weight excluding hydrogens is 186 g/mol. The van der Waals surface area contributed by atoms with Crippen LogP contribution in [0, 0.1) is 0 Å². The molecule has 0 saturated heterocycles. The van der Waals surface area contributed by atoms with Crippen molar-refractivity contribution in [2.45, 2.75) is 51.9 Å². The predicted octanol–water partition coefficient (Wildman–Crippen LogP) is 4.18. The predicted molar refractivity (Wildman–Crippen MR) is 63.8 cm³/mol. The first-order chi connectivity index (χ1) is 7.18. The maximum absolute atomic E-state index is 5.05. The smallest absolute Gasteiger partial charge is 0.128 e. The van der Waals surface area contributed by atoms with Crippen LogP contribution in [0.4, 0.5) is 0 Å². The van der Waals surface area contributed by atoms with Crippen LogP contribution in [0.25, 0.3) is 6.08 Å². The van der Waals surface area contributed by atoms with Crippen LogP contribution in [0.15, 0.2) is 17.4 Å². The maximum atomic E-state index is 5.05. The van der Waals surface area contributed by atoms with Gasteiger partial charge < -0.3 is 4.52 Å². The molecule has 0 unspecified atom stereocenters. The molecule has 2 heteroatoms. The van der Waals surface area contributed by atoms with Crippen molar-refractivity contribution in [3.05, 3.63) is 24.1 Å². The van der Waals surface area contributed by atoms with Crippen molar-refractivity contribution >= 4 is 6.08 Å². The lowest BCUT2D eigenvalue weighted by Crippen LogP contribution is -2.21. The molecular formula is C13H21NO. The second-order valence-electron chi connectivity index (χ2n) is 4.38. The first-order valence-corrected chi connectivity index (χ1v) is 5.75. The summed E-state index contributed by atoms with van der Waals surface area (Å²) in [6.07, 6.45) is 8.26. The zero-order valence-electron chi connectivity index (χ0n) is 10.0. The molecule has 1 heterocycles. The highest BCUT2D eigenvalue weighted by Crippen LogP contribution is 2.35. The zero-order chi connectivity index (χ0) is 11.3. The van der Waals surface area contributed by atoms with Crippen LogP contribution in [-0.4, -0.2) is 5.16 Å². The van der Waals surface area contributed by atoms with Gasteiger partial charge in [0.2, 0.25) is 0 Å². The van der Waals surface area contributed by atoms with E-state index in [0.29, 0.717) is 0 Å². The third-order valence-electron chi connectivity index (χ3n) is 3.04. The Hall–Kier alpha value is -1.05. The molecule has 0 saturated carbocycles. The van der Waals surface area contributed by atoms with E-state index < -0.39 is 0 Å². The fraction of sp³-hybridized carbons (Fsp3) is 0.615. The number of aromatic nitrogens is 1. The second-order valence-corrected chi connectivity index (χ2v) is 4.38. The Balaban J connectivity index is 3.02. The van der Waals surface area contributed by atoms with Crippen LogP contribution in [0.1, 0.15) is 57.7 Å². The summed E-state index contributed by atoms with van der Waals surface area (Å²) in [5.74, 6) is 0. The summed E-state index contributed by atoms with van der Waals surface area (Å²) in [6, 6.07) is 0. The minimum absolute atomic E-state index is 0.188. The van der Waals surface area contributed by atoms with Gasteiger partial charge in [0.05, 0.1) is 0 Å². The van der Waals surface area contributed by atoms with Gasteiger partial charge in [0, 0.05) is 5.56 Å². The first kappa shape index (κ1) is 12.0. The zero-order valence-corrected chi connectivity index (χ0v) is 10.0. The Morgan fingerprint density at radius 2 is 2.00 bits per heavy atom. The van der Waals surface area contributed by atoms with Crippen molar-refractivity contribution in [1.29, 1.82) is 0 Å². The van der Waals surface area contributed by atoms with E-state index in [4.69, 9.17) is 4.52 Å². The van der Waals surface area contributed by atoms with Crippen molar-refractivity contribution in [2.24, 2.45) is 0 Å². The Bertz CT molecular complexity index is 308. The lowest BCUT2D eigenvalue weighted by molar-refractivity contribution is 0.381. The lowest BCUT2D eigenvalue weighted by atomic mass is 9.75. The highest BCUT2D eigenvalue weighted by molar-refractivity contribution is 5.48. The molecule has 84 valence electrons. The van der Waals surface area contributed by atoms with Gasteiger partial charge in [0.1, 0.15) is 12.0 Å². The molecule has 1 aromatic heterocycles. The molecule has 0 aromatic carbocycles. The van der Waals surface area contributed by atoms with Crippen LogP contribution in [0.2, 0.25) is 0 Å². The number of hydrogen-bond acceptors (Lipinski definition) is 2. The minimum atomic E-state index is 0.188. The van der Waals surface area contributed by atoms with Gasteiger partial charge in [-0.05, 0) is 24.3 Å². The van der Waals surface area contributed by atoms with Crippen molar-refractivity contribution in [1.82, 2.24) is 5.16 Å². The number of nitrogens with zero attached hydrogens (tertiary/aromatic N) is 1. The normalized spacial score (nSPS) is 11.7. The van der Waals surface area contributed by atoms with Gasteiger partial charge in [-0.15, -0.1) is 0 Å². The van der Waals surface area contributed by atoms with Crippen LogP contribution in [0.5, 0.6) is 0 Å². The van der Waals surface area contributed by atoms with E-state index >= 15 is 0 Å². The highest BCUT2D eigenvalue weighted by Gasteiger charge is 2.28. The molecule has 0 aliphatic heterocycles. The van der Waals surface area contributed by atoms with E-state index in [9.17, 15) is 0 Å². The van der Waals surface area contributed by atoms with Crippen LogP contribution < -0.4 is 0 Å². The van der Waals surface area contributed by atoms with Gasteiger partial charge in [0.15, 0.2) is 0 Å². The highest BCUT2D eigenvalue weighted by atomic mass is 16.5. The van der Waals surface area contributed by atoms with Crippen LogP contribution in [0.3, 0.4) is 0 Å². The summed E-state index contributed by atoms with van der Waals surface area (Å²) in [5.41, 5.74) is 2.30. The lowest BCUT2D eigenvalue weighted by Gasteiger charge is -2.28. The maximum Gasteiger partial charge on any atom is 0.128 e. The van der Waals surface area contributed by atoms with Crippen LogP contribution >= 0.6 is 0 Å². The van der Waals surface area contributed by atoms with E-state index in [1.165, 1.54) is 31.2 Å². The SMILES string of the molecule is C=Cc1nocc1C(C)(CCC)CCC. The Morgan fingerprint density at radius 1 is 1.40 bits per heavy atom. The van der Waals surface area contributed by atoms with Crippen LogP contribution in [-0.2, 0) is 5.41 Å². The largest absolute Gasteiger partial charge is 0.364 e. The Morgan fingerprint density at radius 3 is 2.47 bits per heavy atom. The minimum Gasteiger partial charge on any atom is -0.364 e. The van der Waals surface area contributed by atoms with Crippen molar-refractivity contribution in [3.8, 4) is 0 Å². The first-order valence-electron chi connectivity index (χ1n) is 5.75. The summed E-state index contributed by atoms with van der Waals surface area (Å²) >= 11 is 0. The Kier molecular flexibility index (Phi) is 4.13. The van der Waals surface area contributed by atoms with E-state index in [1.807, 2.05) is 0 Å². The molecule has 0 bridgehead atoms. The van der Waals surface area contributed by atoms with E-state index in [0.717, 1.165) is 5.69 Å². The molecule has 1 aromatic rings. The van der Waals surface area contributed by atoms with Gasteiger partial charge in [0.25, 0.3) is 0 Å². The summed E-state index contributed by atoms with van der Waals surface area (Å²) in [7, 11) is 0. The molecule has 0 atom stereocenters. The molecule has 0 aliphatic carbocycles. The molecule has 0 fully saturated rings. The second kappa shape index (κ2) is 5.15. The Labute approximate surface area is 92.4 Å². The summed E-state index contributed by atoms with van der Waals surface area (Å²) in [4.78, 5) is 0. The summed E-state index contributed by atoms with van der Waals surface area (Å²) in [5, 5.41) is 3.97. The topological polar surface area (TPSA) is 26.0 Å². The van der Waals surface area contributed by atoms with Gasteiger partial charge in [-0.1, -0.05) is 45.3 Å². The molecule has 15 heavy (non-hydrogen) atoms. The third-order valence-corrected chi connectivity index (χ3v) is 3.04. The average Bonchev–Trinajstić information content (AvgIpc) is 2.66. The van der Waals surface area contributed by atoms with E-state index in [-0.39, 0.29) is 5.41 Å². The molecule has 2 nitrogen and oxygen atoms in total. The molecule has 0 aliphatic rings. The average molecular weight is 207 g/mol. The van der Waals surface area contributed by atoms with E-state index in [2.05, 4.69) is 32.5 Å². The van der Waals surface area contributed by atoms with Crippen molar-refractivity contribution < 1.29 is 4.52 Å². The quantitative estimate of drug-likeness (QED) is 0.699. The molecule has 0 N–H and O–H groups in total. The molecule has 1 rings (SSSR count). The van der Waals surface area contributed by atoms with Crippen molar-refractivity contribution in [2.75, 3.05) is 0 Å². The standard InChI is InChI=1S/C13H21NO/c1-5-8-13(4,9-6-2)11-10-15-14-12(11)7-3/h7,10H,3,5-6,8-9H2,1-2,4H3. The molecule has 0 spiro atoms. The molecule has 0 radical (unpaired) electrons. The fourth-order valence-corrected chi connectivity index (χ4v) is 2.34. The monoisotopic (exact) mass is 207 g/mol.